The first-order chi connectivity index (χ1) is 9.86. The van der Waals surface area contributed by atoms with E-state index in [9.17, 15) is 18.3 Å². The number of nitrogens with one attached hydrogen (secondary N) is 1. The van der Waals surface area contributed by atoms with E-state index >= 15 is 0 Å². The minimum absolute atomic E-state index is 0.0666. The Morgan fingerprint density at radius 3 is 2.48 bits per heavy atom. The molecule has 0 radical (unpaired) electrons. The molecule has 116 valence electrons. The van der Waals surface area contributed by atoms with Crippen LogP contribution >= 0.6 is 0 Å². The average Bonchev–Trinajstić information content (AvgIpc) is 2.46. The predicted molar refractivity (Wildman–Crippen MR) is 79.9 cm³/mol. The van der Waals surface area contributed by atoms with Crippen molar-refractivity contribution in [3.63, 3.8) is 0 Å². The molecule has 2 atom stereocenters. The van der Waals surface area contributed by atoms with Gasteiger partial charge in [-0.25, -0.2) is 17.9 Å². The van der Waals surface area contributed by atoms with Crippen LogP contribution in [0.25, 0.3) is 0 Å². The summed E-state index contributed by atoms with van der Waals surface area (Å²) in [7, 11) is -2.11. The number of carbonyl (C=O) groups is 1. The fraction of sp³-hybridized carbons (Fsp3) is 0.500. The first-order valence-electron chi connectivity index (χ1n) is 6.90. The molecule has 0 bridgehead atoms. The van der Waals surface area contributed by atoms with Crippen LogP contribution in [0, 0.1) is 5.92 Å². The van der Waals surface area contributed by atoms with Gasteiger partial charge in [0.2, 0.25) is 10.0 Å². The molecule has 0 saturated carbocycles. The number of nitrogens with zero attached hydrogens (tertiary/aromatic N) is 1. The van der Waals surface area contributed by atoms with E-state index < -0.39 is 22.0 Å². The van der Waals surface area contributed by atoms with Crippen LogP contribution in [0.15, 0.2) is 29.2 Å². The van der Waals surface area contributed by atoms with Gasteiger partial charge in [-0.15, -0.1) is 0 Å². The highest BCUT2D eigenvalue weighted by Gasteiger charge is 2.34. The molecule has 0 aromatic heterocycles. The van der Waals surface area contributed by atoms with Crippen molar-refractivity contribution in [3.05, 3.63) is 24.3 Å². The monoisotopic (exact) mass is 312 g/mol. The van der Waals surface area contributed by atoms with Crippen molar-refractivity contribution in [2.24, 2.45) is 5.92 Å². The maximum atomic E-state index is 11.7. The third-order valence-corrected chi connectivity index (χ3v) is 5.36. The molecule has 2 unspecified atom stereocenters. The lowest BCUT2D eigenvalue weighted by Gasteiger charge is -2.39. The van der Waals surface area contributed by atoms with Crippen LogP contribution < -0.4 is 9.62 Å². The van der Waals surface area contributed by atoms with E-state index in [1.165, 1.54) is 19.2 Å². The van der Waals surface area contributed by atoms with Gasteiger partial charge in [-0.2, -0.15) is 0 Å². The van der Waals surface area contributed by atoms with E-state index in [-0.39, 0.29) is 10.8 Å². The number of anilines is 1. The highest BCUT2D eigenvalue weighted by molar-refractivity contribution is 7.89. The van der Waals surface area contributed by atoms with Crippen molar-refractivity contribution in [3.8, 4) is 0 Å². The Bertz CT molecular complexity index is 612. The molecule has 6 nitrogen and oxygen atoms in total. The van der Waals surface area contributed by atoms with E-state index in [0.29, 0.717) is 6.54 Å². The summed E-state index contributed by atoms with van der Waals surface area (Å²) >= 11 is 0. The minimum atomic E-state index is -3.47. The Morgan fingerprint density at radius 2 is 1.95 bits per heavy atom. The second-order valence-corrected chi connectivity index (χ2v) is 7.18. The first-order valence-corrected chi connectivity index (χ1v) is 8.38. The standard InChI is InChI=1S/C14H20N2O4S/c1-10-4-3-9-16(13(10)14(17)18)11-5-7-12(8-6-11)21(19,20)15-2/h5-8,10,13,15H,3-4,9H2,1-2H3,(H,17,18). The van der Waals surface area contributed by atoms with Crippen LogP contribution in [0.3, 0.4) is 0 Å². The number of hydrogen-bond donors (Lipinski definition) is 2. The summed E-state index contributed by atoms with van der Waals surface area (Å²) in [5.74, 6) is -0.772. The zero-order valence-electron chi connectivity index (χ0n) is 12.1. The normalized spacial score (nSPS) is 23.0. The van der Waals surface area contributed by atoms with Gasteiger partial charge in [-0.05, 0) is 50.1 Å². The van der Waals surface area contributed by atoms with Crippen molar-refractivity contribution >= 4 is 21.7 Å². The maximum absolute atomic E-state index is 11.7. The number of benzene rings is 1. The van der Waals surface area contributed by atoms with Gasteiger partial charge < -0.3 is 10.0 Å². The summed E-state index contributed by atoms with van der Waals surface area (Å²) in [6, 6.07) is 5.76. The van der Waals surface area contributed by atoms with Crippen LogP contribution in [-0.4, -0.2) is 39.1 Å². The summed E-state index contributed by atoms with van der Waals surface area (Å²) in [6.45, 7) is 2.60. The summed E-state index contributed by atoms with van der Waals surface area (Å²) in [6.07, 6.45) is 1.82. The Kier molecular flexibility index (Phi) is 4.53. The number of rotatable bonds is 4. The SMILES string of the molecule is CNS(=O)(=O)c1ccc(N2CCCC(C)C2C(=O)O)cc1. The molecule has 1 saturated heterocycles. The maximum Gasteiger partial charge on any atom is 0.326 e. The van der Waals surface area contributed by atoms with Crippen LogP contribution in [0.5, 0.6) is 0 Å². The Labute approximate surface area is 124 Å². The van der Waals surface area contributed by atoms with Gasteiger partial charge in [0, 0.05) is 12.2 Å². The summed E-state index contributed by atoms with van der Waals surface area (Å²) < 4.78 is 25.6. The zero-order chi connectivity index (χ0) is 15.6. The molecule has 0 spiro atoms. The molecule has 1 fully saturated rings. The number of carboxylic acid groups (broad SMARTS) is 1. The lowest BCUT2D eigenvalue weighted by atomic mass is 9.90. The van der Waals surface area contributed by atoms with Gasteiger partial charge in [-0.3, -0.25) is 0 Å². The Balaban J connectivity index is 2.31. The minimum Gasteiger partial charge on any atom is -0.480 e. The van der Waals surface area contributed by atoms with Crippen molar-refractivity contribution in [1.82, 2.24) is 4.72 Å². The third-order valence-electron chi connectivity index (χ3n) is 3.93. The van der Waals surface area contributed by atoms with Crippen molar-refractivity contribution in [1.29, 1.82) is 0 Å². The molecule has 21 heavy (non-hydrogen) atoms. The van der Waals surface area contributed by atoms with Gasteiger partial charge in [0.15, 0.2) is 0 Å². The molecule has 2 N–H and O–H groups in total. The van der Waals surface area contributed by atoms with Gasteiger partial charge in [-0.1, -0.05) is 6.92 Å². The van der Waals surface area contributed by atoms with Gasteiger partial charge in [0.05, 0.1) is 4.90 Å². The van der Waals surface area contributed by atoms with Crippen LogP contribution in [0.2, 0.25) is 0 Å². The number of aliphatic carboxylic acids is 1. The third kappa shape index (κ3) is 3.19. The number of hydrogen-bond acceptors (Lipinski definition) is 4. The number of carboxylic acids is 1. The van der Waals surface area contributed by atoms with Gasteiger partial charge in [0.25, 0.3) is 0 Å². The molecule has 7 heteroatoms. The molecule has 0 aliphatic carbocycles. The molecule has 1 aromatic carbocycles. The van der Waals surface area contributed by atoms with Gasteiger partial charge >= 0.3 is 5.97 Å². The van der Waals surface area contributed by atoms with Crippen LogP contribution in [0.4, 0.5) is 5.69 Å². The van der Waals surface area contributed by atoms with E-state index in [1.807, 2.05) is 11.8 Å². The first kappa shape index (κ1) is 15.8. The number of sulfonamides is 1. The summed E-state index contributed by atoms with van der Waals surface area (Å²) in [4.78, 5) is 13.5. The highest BCUT2D eigenvalue weighted by atomic mass is 32.2. The van der Waals surface area contributed by atoms with E-state index in [1.54, 1.807) is 12.1 Å². The van der Waals surface area contributed by atoms with Crippen molar-refractivity contribution < 1.29 is 18.3 Å². The Morgan fingerprint density at radius 1 is 1.33 bits per heavy atom. The molecular weight excluding hydrogens is 292 g/mol. The van der Waals surface area contributed by atoms with Gasteiger partial charge in [0.1, 0.15) is 6.04 Å². The highest BCUT2D eigenvalue weighted by Crippen LogP contribution is 2.29. The number of piperidine rings is 1. The average molecular weight is 312 g/mol. The molecule has 1 heterocycles. The van der Waals surface area contributed by atoms with E-state index in [2.05, 4.69) is 4.72 Å². The van der Waals surface area contributed by atoms with Crippen LogP contribution in [0.1, 0.15) is 19.8 Å². The summed E-state index contributed by atoms with van der Waals surface area (Å²) in [5.41, 5.74) is 0.740. The molecule has 1 aliphatic rings. The molecule has 1 aromatic rings. The topological polar surface area (TPSA) is 86.7 Å². The molecule has 0 amide bonds. The molecule has 1 aliphatic heterocycles. The molecular formula is C14H20N2O4S. The quantitative estimate of drug-likeness (QED) is 0.874. The second kappa shape index (κ2) is 6.03. The largest absolute Gasteiger partial charge is 0.480 e. The van der Waals surface area contributed by atoms with E-state index in [0.717, 1.165) is 18.5 Å². The fourth-order valence-corrected chi connectivity index (χ4v) is 3.52. The summed E-state index contributed by atoms with van der Waals surface area (Å²) in [5, 5.41) is 9.41. The Hall–Kier alpha value is -1.60. The molecule has 2 rings (SSSR count). The zero-order valence-corrected chi connectivity index (χ0v) is 12.9. The van der Waals surface area contributed by atoms with E-state index in [4.69, 9.17) is 0 Å². The van der Waals surface area contributed by atoms with Crippen molar-refractivity contribution in [2.75, 3.05) is 18.5 Å². The predicted octanol–water partition coefficient (Wildman–Crippen LogP) is 1.28. The van der Waals surface area contributed by atoms with Crippen molar-refractivity contribution in [2.45, 2.75) is 30.7 Å². The fourth-order valence-electron chi connectivity index (χ4n) is 2.79. The smallest absolute Gasteiger partial charge is 0.326 e. The van der Waals surface area contributed by atoms with Crippen LogP contribution in [-0.2, 0) is 14.8 Å². The second-order valence-electron chi connectivity index (χ2n) is 5.30. The lowest BCUT2D eigenvalue weighted by Crippen LogP contribution is -2.49. The lowest BCUT2D eigenvalue weighted by molar-refractivity contribution is -0.140.